The average molecular weight is 460 g/mol. The van der Waals surface area contributed by atoms with Crippen molar-refractivity contribution in [3.05, 3.63) is 101 Å². The van der Waals surface area contributed by atoms with E-state index in [9.17, 15) is 18.8 Å². The Labute approximate surface area is 194 Å². The molecule has 1 aliphatic rings. The number of amides is 2. The minimum absolute atomic E-state index is 0.0323. The van der Waals surface area contributed by atoms with E-state index in [-0.39, 0.29) is 30.3 Å². The predicted molar refractivity (Wildman–Crippen MR) is 124 cm³/mol. The fourth-order valence-corrected chi connectivity index (χ4v) is 3.88. The number of carboxylic acids is 1. The van der Waals surface area contributed by atoms with Crippen molar-refractivity contribution in [1.29, 1.82) is 0 Å². The second-order valence-electron chi connectivity index (χ2n) is 7.60. The Morgan fingerprint density at radius 1 is 0.971 bits per heavy atom. The topological polar surface area (TPSA) is 105 Å². The van der Waals surface area contributed by atoms with Crippen molar-refractivity contribution in [2.75, 3.05) is 18.5 Å². The van der Waals surface area contributed by atoms with E-state index in [2.05, 4.69) is 22.8 Å². The molecule has 3 N–H and O–H groups in total. The van der Waals surface area contributed by atoms with Crippen LogP contribution in [-0.2, 0) is 9.53 Å². The van der Waals surface area contributed by atoms with Gasteiger partial charge in [-0.05, 0) is 40.5 Å². The maximum Gasteiger partial charge on any atom is 0.407 e. The maximum atomic E-state index is 13.9. The zero-order chi connectivity index (χ0) is 24.1. The van der Waals surface area contributed by atoms with Gasteiger partial charge >= 0.3 is 12.1 Å². The molecule has 7 nitrogen and oxygen atoms in total. The van der Waals surface area contributed by atoms with Gasteiger partial charge in [0.2, 0.25) is 5.91 Å². The van der Waals surface area contributed by atoms with Gasteiger partial charge in [0.05, 0.1) is 11.3 Å². The lowest BCUT2D eigenvalue weighted by molar-refractivity contribution is -0.111. The van der Waals surface area contributed by atoms with Gasteiger partial charge < -0.3 is 20.5 Å². The van der Waals surface area contributed by atoms with Crippen LogP contribution in [0.3, 0.4) is 0 Å². The molecule has 0 fully saturated rings. The number of alkyl carbamates (subject to hydrolysis) is 1. The molecule has 34 heavy (non-hydrogen) atoms. The van der Waals surface area contributed by atoms with Crippen LogP contribution < -0.4 is 10.6 Å². The quantitative estimate of drug-likeness (QED) is 0.449. The fourth-order valence-electron chi connectivity index (χ4n) is 3.88. The summed E-state index contributed by atoms with van der Waals surface area (Å²) in [6.07, 6.45) is 1.90. The summed E-state index contributed by atoms with van der Waals surface area (Å²) in [5.41, 5.74) is 4.11. The molecule has 0 heterocycles. The smallest absolute Gasteiger partial charge is 0.407 e. The monoisotopic (exact) mass is 460 g/mol. The first-order valence-corrected chi connectivity index (χ1v) is 10.5. The number of ether oxygens (including phenoxy) is 1. The van der Waals surface area contributed by atoms with Crippen LogP contribution in [0.5, 0.6) is 0 Å². The third-order valence-electron chi connectivity index (χ3n) is 5.45. The summed E-state index contributed by atoms with van der Waals surface area (Å²) >= 11 is 0. The average Bonchev–Trinajstić information content (AvgIpc) is 3.15. The summed E-state index contributed by atoms with van der Waals surface area (Å²) < 4.78 is 19.3. The second-order valence-corrected chi connectivity index (χ2v) is 7.60. The lowest BCUT2D eigenvalue weighted by Crippen LogP contribution is -2.26. The summed E-state index contributed by atoms with van der Waals surface area (Å²) in [5, 5.41) is 13.7. The second kappa shape index (κ2) is 9.99. The van der Waals surface area contributed by atoms with E-state index in [4.69, 9.17) is 9.84 Å². The van der Waals surface area contributed by atoms with Crippen LogP contribution in [0, 0.1) is 5.82 Å². The molecule has 3 aromatic rings. The summed E-state index contributed by atoms with van der Waals surface area (Å²) in [5.74, 6) is -2.81. The Morgan fingerprint density at radius 2 is 1.62 bits per heavy atom. The molecule has 172 valence electrons. The molecule has 1 aliphatic carbocycles. The highest BCUT2D eigenvalue weighted by atomic mass is 19.1. The lowest BCUT2D eigenvalue weighted by Gasteiger charge is -2.14. The van der Waals surface area contributed by atoms with Gasteiger partial charge in [0.15, 0.2) is 0 Å². The van der Waals surface area contributed by atoms with E-state index in [0.29, 0.717) is 0 Å². The number of carbonyl (C=O) groups is 3. The molecular weight excluding hydrogens is 439 g/mol. The first-order chi connectivity index (χ1) is 16.4. The van der Waals surface area contributed by atoms with Gasteiger partial charge in [-0.1, -0.05) is 54.6 Å². The van der Waals surface area contributed by atoms with E-state index in [1.54, 1.807) is 0 Å². The first-order valence-electron chi connectivity index (χ1n) is 10.5. The minimum Gasteiger partial charge on any atom is -0.478 e. The number of nitrogens with one attached hydrogen (secondary N) is 2. The molecule has 0 bridgehead atoms. The number of rotatable bonds is 7. The standard InChI is InChI=1S/C26H21FN2O5/c27-22-14-16(25(31)32)11-12-23(22)29-24(30)10-5-13-28-26(33)34-15-21-19-8-3-1-6-17(19)18-7-2-4-9-20(18)21/h1-12,14,21H,13,15H2,(H,28,33)(H,29,30)(H,31,32)/b10-5+. The zero-order valence-electron chi connectivity index (χ0n) is 18.0. The number of hydrogen-bond donors (Lipinski definition) is 3. The van der Waals surface area contributed by atoms with Crippen LogP contribution in [0.25, 0.3) is 11.1 Å². The minimum atomic E-state index is -1.27. The van der Waals surface area contributed by atoms with E-state index < -0.39 is 23.8 Å². The molecule has 0 saturated heterocycles. The van der Waals surface area contributed by atoms with Crippen molar-refractivity contribution in [2.24, 2.45) is 0 Å². The summed E-state index contributed by atoms with van der Waals surface area (Å²) in [7, 11) is 0. The van der Waals surface area contributed by atoms with Gasteiger partial charge in [0.25, 0.3) is 0 Å². The van der Waals surface area contributed by atoms with Crippen molar-refractivity contribution in [3.63, 3.8) is 0 Å². The molecule has 0 aliphatic heterocycles. The van der Waals surface area contributed by atoms with Crippen molar-refractivity contribution < 1.29 is 28.6 Å². The fraction of sp³-hybridized carbons (Fsp3) is 0.115. The van der Waals surface area contributed by atoms with Crippen LogP contribution in [0.2, 0.25) is 0 Å². The molecule has 0 spiro atoms. The highest BCUT2D eigenvalue weighted by molar-refractivity contribution is 5.99. The summed E-state index contributed by atoms with van der Waals surface area (Å²) in [6.45, 7) is 0.209. The first kappa shape index (κ1) is 22.7. The number of carboxylic acid groups (broad SMARTS) is 1. The number of benzene rings is 3. The molecule has 0 atom stereocenters. The van der Waals surface area contributed by atoms with Crippen LogP contribution in [0.15, 0.2) is 78.9 Å². The number of anilines is 1. The molecule has 8 heteroatoms. The van der Waals surface area contributed by atoms with Gasteiger partial charge in [0, 0.05) is 18.5 Å². The third kappa shape index (κ3) is 4.96. The van der Waals surface area contributed by atoms with Crippen LogP contribution in [-0.4, -0.2) is 36.2 Å². The number of halogens is 1. The van der Waals surface area contributed by atoms with E-state index >= 15 is 0 Å². The van der Waals surface area contributed by atoms with Gasteiger partial charge in [-0.15, -0.1) is 0 Å². The Hall–Kier alpha value is -4.46. The molecule has 0 saturated carbocycles. The number of hydrogen-bond acceptors (Lipinski definition) is 4. The van der Waals surface area contributed by atoms with E-state index in [1.165, 1.54) is 18.2 Å². The Bertz CT molecular complexity index is 1240. The van der Waals surface area contributed by atoms with Crippen molar-refractivity contribution >= 4 is 23.7 Å². The van der Waals surface area contributed by atoms with Crippen molar-refractivity contribution in [1.82, 2.24) is 5.32 Å². The van der Waals surface area contributed by atoms with Crippen LogP contribution in [0.4, 0.5) is 14.9 Å². The third-order valence-corrected chi connectivity index (χ3v) is 5.45. The number of fused-ring (bicyclic) bond motifs is 3. The number of carbonyl (C=O) groups excluding carboxylic acids is 2. The Morgan fingerprint density at radius 3 is 2.24 bits per heavy atom. The van der Waals surface area contributed by atoms with E-state index in [1.807, 2.05) is 36.4 Å². The highest BCUT2D eigenvalue weighted by Crippen LogP contribution is 2.44. The molecule has 3 aromatic carbocycles. The maximum absolute atomic E-state index is 13.9. The number of aromatic carboxylic acids is 1. The normalized spacial score (nSPS) is 12.1. The summed E-state index contributed by atoms with van der Waals surface area (Å²) in [4.78, 5) is 34.9. The van der Waals surface area contributed by atoms with Gasteiger partial charge in [0.1, 0.15) is 12.4 Å². The van der Waals surface area contributed by atoms with Crippen molar-refractivity contribution in [3.8, 4) is 11.1 Å². The Kier molecular flexibility index (Phi) is 6.68. The van der Waals surface area contributed by atoms with Crippen molar-refractivity contribution in [2.45, 2.75) is 5.92 Å². The van der Waals surface area contributed by atoms with Gasteiger partial charge in [-0.2, -0.15) is 0 Å². The largest absolute Gasteiger partial charge is 0.478 e. The van der Waals surface area contributed by atoms with Gasteiger partial charge in [-0.25, -0.2) is 14.0 Å². The highest BCUT2D eigenvalue weighted by Gasteiger charge is 2.28. The molecule has 0 radical (unpaired) electrons. The van der Waals surface area contributed by atoms with Crippen LogP contribution >= 0.6 is 0 Å². The zero-order valence-corrected chi connectivity index (χ0v) is 18.0. The molecule has 4 rings (SSSR count). The summed E-state index contributed by atoms with van der Waals surface area (Å²) in [6, 6.07) is 19.2. The van der Waals surface area contributed by atoms with Gasteiger partial charge in [-0.3, -0.25) is 4.79 Å². The predicted octanol–water partition coefficient (Wildman–Crippen LogP) is 4.56. The SMILES string of the molecule is O=C(/C=C/CNC(=O)OCC1c2ccccc2-c2ccccc21)Nc1ccc(C(=O)O)cc1F. The van der Waals surface area contributed by atoms with E-state index in [0.717, 1.165) is 34.4 Å². The molecule has 0 unspecified atom stereocenters. The molecule has 2 amide bonds. The lowest BCUT2D eigenvalue weighted by atomic mass is 9.98. The molecule has 0 aromatic heterocycles. The Balaban J connectivity index is 1.26. The molecular formula is C26H21FN2O5. The van der Waals surface area contributed by atoms with Crippen LogP contribution in [0.1, 0.15) is 27.4 Å².